The highest BCUT2D eigenvalue weighted by Gasteiger charge is 2.24. The molecule has 9 heteroatoms. The Morgan fingerprint density at radius 1 is 1.18 bits per heavy atom. The number of hydrogen-bond donors (Lipinski definition) is 3. The van der Waals surface area contributed by atoms with Crippen molar-refractivity contribution >= 4 is 22.7 Å². The van der Waals surface area contributed by atoms with Gasteiger partial charge in [-0.2, -0.15) is 0 Å². The highest BCUT2D eigenvalue weighted by atomic mass is 19.1. The molecule has 1 atom stereocenters. The Morgan fingerprint density at radius 2 is 1.97 bits per heavy atom. The van der Waals surface area contributed by atoms with Gasteiger partial charge in [0.15, 0.2) is 5.82 Å². The number of nitrogens with two attached hydrogens (primary N) is 1. The van der Waals surface area contributed by atoms with Crippen LogP contribution in [-0.4, -0.2) is 50.6 Å². The molecule has 3 heterocycles. The first-order valence-electron chi connectivity index (χ1n) is 12.5. The van der Waals surface area contributed by atoms with Crippen molar-refractivity contribution in [2.75, 3.05) is 25.4 Å². The standard InChI is InChI=1S/C20H12F2N4.C9H17NO2/c21-13-8-15-16(11-24-19(15)17(22)9-13)20-25-14(10-18(23)26-20)7-6-12-4-2-1-3-5-12;1-2-5-10-6-3-4-8(7-10)9(11)12/h1-5,8-11,24H,(H2,23,25,26);8H,2-7H2,1H3,(H,11,12). The number of fused-ring (bicyclic) bond motifs is 1. The minimum absolute atomic E-state index is 0.120. The molecule has 2 aromatic carbocycles. The van der Waals surface area contributed by atoms with Crippen LogP contribution in [0.15, 0.2) is 54.7 Å². The van der Waals surface area contributed by atoms with E-state index in [4.69, 9.17) is 10.8 Å². The number of carbonyl (C=O) groups is 1. The minimum Gasteiger partial charge on any atom is -0.481 e. The lowest BCUT2D eigenvalue weighted by molar-refractivity contribution is -0.143. The fraction of sp³-hybridized carbons (Fsp3) is 0.276. The molecule has 38 heavy (non-hydrogen) atoms. The predicted molar refractivity (Wildman–Crippen MR) is 143 cm³/mol. The van der Waals surface area contributed by atoms with Gasteiger partial charge in [-0.1, -0.05) is 31.0 Å². The number of carboxylic acids is 1. The number of likely N-dealkylation sites (tertiary alicyclic amines) is 1. The third-order valence-electron chi connectivity index (χ3n) is 6.20. The van der Waals surface area contributed by atoms with E-state index in [0.717, 1.165) is 50.5 Å². The van der Waals surface area contributed by atoms with Crippen LogP contribution < -0.4 is 5.73 Å². The number of rotatable bonds is 4. The second-order valence-electron chi connectivity index (χ2n) is 9.11. The number of piperidine rings is 1. The molecule has 1 fully saturated rings. The monoisotopic (exact) mass is 517 g/mol. The van der Waals surface area contributed by atoms with E-state index in [1.54, 1.807) is 6.07 Å². The van der Waals surface area contributed by atoms with Crippen molar-refractivity contribution in [2.24, 2.45) is 5.92 Å². The molecule has 1 saturated heterocycles. The van der Waals surface area contributed by atoms with Gasteiger partial charge in [0.05, 0.1) is 11.4 Å². The average molecular weight is 518 g/mol. The van der Waals surface area contributed by atoms with Gasteiger partial charge in [0.1, 0.15) is 23.1 Å². The van der Waals surface area contributed by atoms with Gasteiger partial charge in [0, 0.05) is 41.4 Å². The second-order valence-corrected chi connectivity index (χ2v) is 9.11. The van der Waals surface area contributed by atoms with E-state index in [-0.39, 0.29) is 23.1 Å². The fourth-order valence-electron chi connectivity index (χ4n) is 4.42. The van der Waals surface area contributed by atoms with Crippen LogP contribution in [0, 0.1) is 29.4 Å². The summed E-state index contributed by atoms with van der Waals surface area (Å²) in [5, 5.41) is 9.14. The molecule has 196 valence electrons. The Balaban J connectivity index is 0.000000236. The quantitative estimate of drug-likeness (QED) is 0.326. The zero-order valence-corrected chi connectivity index (χ0v) is 21.0. The molecule has 0 radical (unpaired) electrons. The number of hydrogen-bond acceptors (Lipinski definition) is 5. The topological polar surface area (TPSA) is 108 Å². The Labute approximate surface area is 219 Å². The molecule has 5 rings (SSSR count). The normalized spacial score (nSPS) is 15.3. The first kappa shape index (κ1) is 26.8. The lowest BCUT2D eigenvalue weighted by Crippen LogP contribution is -2.38. The molecule has 7 nitrogen and oxygen atoms in total. The van der Waals surface area contributed by atoms with Crippen LogP contribution in [0.25, 0.3) is 22.3 Å². The molecular formula is C29H29F2N5O2. The zero-order valence-electron chi connectivity index (χ0n) is 21.0. The summed E-state index contributed by atoms with van der Waals surface area (Å²) >= 11 is 0. The van der Waals surface area contributed by atoms with E-state index in [9.17, 15) is 13.6 Å². The number of carboxylic acid groups (broad SMARTS) is 1. The van der Waals surface area contributed by atoms with Crippen molar-refractivity contribution in [3.8, 4) is 23.2 Å². The summed E-state index contributed by atoms with van der Waals surface area (Å²) in [7, 11) is 0. The van der Waals surface area contributed by atoms with Gasteiger partial charge in [-0.3, -0.25) is 4.79 Å². The Bertz CT molecular complexity index is 1480. The maximum absolute atomic E-state index is 13.9. The van der Waals surface area contributed by atoms with E-state index in [1.165, 1.54) is 12.3 Å². The van der Waals surface area contributed by atoms with E-state index in [1.807, 2.05) is 30.3 Å². The number of aromatic nitrogens is 3. The maximum atomic E-state index is 13.9. The van der Waals surface area contributed by atoms with Crippen molar-refractivity contribution in [1.82, 2.24) is 19.9 Å². The molecular weight excluding hydrogens is 488 g/mol. The van der Waals surface area contributed by atoms with E-state index in [0.29, 0.717) is 16.6 Å². The lowest BCUT2D eigenvalue weighted by atomic mass is 9.98. The van der Waals surface area contributed by atoms with E-state index >= 15 is 0 Å². The third-order valence-corrected chi connectivity index (χ3v) is 6.20. The number of nitrogen functional groups attached to an aromatic ring is 1. The molecule has 1 aliphatic rings. The maximum Gasteiger partial charge on any atom is 0.307 e. The highest BCUT2D eigenvalue weighted by Crippen LogP contribution is 2.29. The smallest absolute Gasteiger partial charge is 0.307 e. The summed E-state index contributed by atoms with van der Waals surface area (Å²) in [6.07, 6.45) is 4.54. The molecule has 4 N–H and O–H groups in total. The van der Waals surface area contributed by atoms with Crippen molar-refractivity contribution < 1.29 is 18.7 Å². The van der Waals surface area contributed by atoms with Crippen molar-refractivity contribution in [3.63, 3.8) is 0 Å². The Morgan fingerprint density at radius 3 is 2.71 bits per heavy atom. The number of nitrogens with one attached hydrogen (secondary N) is 1. The van der Waals surface area contributed by atoms with Gasteiger partial charge in [-0.05, 0) is 56.5 Å². The van der Waals surface area contributed by atoms with Crippen molar-refractivity contribution in [3.05, 3.63) is 77.6 Å². The predicted octanol–water partition coefficient (Wildman–Crippen LogP) is 5.08. The van der Waals surface area contributed by atoms with Crippen LogP contribution in [0.4, 0.5) is 14.6 Å². The molecule has 0 saturated carbocycles. The summed E-state index contributed by atoms with van der Waals surface area (Å²) in [4.78, 5) is 24.3. The summed E-state index contributed by atoms with van der Waals surface area (Å²) in [6, 6.07) is 13.0. The Hall–Kier alpha value is -4.29. The van der Waals surface area contributed by atoms with Crippen LogP contribution in [0.3, 0.4) is 0 Å². The highest BCUT2D eigenvalue weighted by molar-refractivity contribution is 5.94. The first-order valence-corrected chi connectivity index (χ1v) is 12.5. The van der Waals surface area contributed by atoms with Crippen LogP contribution in [0.2, 0.25) is 0 Å². The fourth-order valence-corrected chi connectivity index (χ4v) is 4.42. The van der Waals surface area contributed by atoms with Crippen LogP contribution >= 0.6 is 0 Å². The molecule has 1 aliphatic heterocycles. The van der Waals surface area contributed by atoms with Gasteiger partial charge in [-0.15, -0.1) is 0 Å². The van der Waals surface area contributed by atoms with Gasteiger partial charge in [0.2, 0.25) is 0 Å². The van der Waals surface area contributed by atoms with Gasteiger partial charge in [0.25, 0.3) is 0 Å². The van der Waals surface area contributed by atoms with Crippen LogP contribution in [0.1, 0.15) is 37.4 Å². The molecule has 1 unspecified atom stereocenters. The number of nitrogens with zero attached hydrogens (tertiary/aromatic N) is 3. The van der Waals surface area contributed by atoms with Crippen LogP contribution in [0.5, 0.6) is 0 Å². The summed E-state index contributed by atoms with van der Waals surface area (Å²) in [5.74, 6) is 4.29. The third kappa shape index (κ3) is 6.72. The average Bonchev–Trinajstić information content (AvgIpc) is 3.33. The van der Waals surface area contributed by atoms with Crippen LogP contribution in [-0.2, 0) is 4.79 Å². The largest absolute Gasteiger partial charge is 0.481 e. The number of H-pyrrole nitrogens is 1. The van der Waals surface area contributed by atoms with Gasteiger partial charge >= 0.3 is 5.97 Å². The first-order chi connectivity index (χ1) is 18.3. The molecule has 0 bridgehead atoms. The van der Waals surface area contributed by atoms with Crippen molar-refractivity contribution in [1.29, 1.82) is 0 Å². The van der Waals surface area contributed by atoms with Crippen molar-refractivity contribution in [2.45, 2.75) is 26.2 Å². The molecule has 0 spiro atoms. The Kier molecular flexibility index (Phi) is 8.66. The lowest BCUT2D eigenvalue weighted by Gasteiger charge is -2.30. The summed E-state index contributed by atoms with van der Waals surface area (Å²) < 4.78 is 27.5. The minimum atomic E-state index is -0.681. The summed E-state index contributed by atoms with van der Waals surface area (Å²) in [6.45, 7) is 5.01. The summed E-state index contributed by atoms with van der Waals surface area (Å²) in [5.41, 5.74) is 7.75. The molecule has 0 amide bonds. The number of halogens is 2. The number of aliphatic carboxylic acids is 1. The number of aromatic amines is 1. The molecule has 0 aliphatic carbocycles. The second kappa shape index (κ2) is 12.3. The number of benzene rings is 2. The van der Waals surface area contributed by atoms with E-state index < -0.39 is 17.6 Å². The number of anilines is 1. The molecule has 4 aromatic rings. The van der Waals surface area contributed by atoms with Gasteiger partial charge < -0.3 is 20.7 Å². The molecule has 2 aromatic heterocycles. The zero-order chi connectivity index (χ0) is 27.1. The SMILES string of the molecule is CCCN1CCCC(C(=O)O)C1.Nc1cc(C#Cc2ccccc2)nc(-c2c[nH]c3c(F)cc(F)cc23)n1. The van der Waals surface area contributed by atoms with Gasteiger partial charge in [-0.25, -0.2) is 18.7 Å². The van der Waals surface area contributed by atoms with E-state index in [2.05, 4.69) is 38.6 Å².